The van der Waals surface area contributed by atoms with Crippen LogP contribution in [0.1, 0.15) is 18.6 Å². The molecule has 0 heterocycles. The average Bonchev–Trinajstić information content (AvgIpc) is 2.08. The van der Waals surface area contributed by atoms with Gasteiger partial charge < -0.3 is 9.84 Å². The van der Waals surface area contributed by atoms with E-state index in [2.05, 4.69) is 0 Å². The third-order valence-electron chi connectivity index (χ3n) is 1.72. The van der Waals surface area contributed by atoms with Gasteiger partial charge in [0.05, 0.1) is 23.3 Å². The summed E-state index contributed by atoms with van der Waals surface area (Å²) in [7, 11) is 1.52. The lowest BCUT2D eigenvalue weighted by Crippen LogP contribution is -1.96. The van der Waals surface area contributed by atoms with Gasteiger partial charge in [-0.25, -0.2) is 0 Å². The van der Waals surface area contributed by atoms with Crippen molar-refractivity contribution < 1.29 is 9.84 Å². The standard InChI is InChI=1S/C9H10Cl2O2/c1-5(12)6-3-7(10)8(11)4-9(6)13-2/h3-5,12H,1-2H3. The second kappa shape index (κ2) is 4.18. The van der Waals surface area contributed by atoms with Crippen LogP contribution in [0.3, 0.4) is 0 Å². The highest BCUT2D eigenvalue weighted by atomic mass is 35.5. The molecule has 0 aliphatic heterocycles. The van der Waals surface area contributed by atoms with Crippen LogP contribution in [-0.2, 0) is 0 Å². The number of halogens is 2. The Morgan fingerprint density at radius 2 is 1.85 bits per heavy atom. The van der Waals surface area contributed by atoms with E-state index in [-0.39, 0.29) is 0 Å². The first kappa shape index (κ1) is 10.6. The Labute approximate surface area is 87.0 Å². The van der Waals surface area contributed by atoms with Crippen LogP contribution in [-0.4, -0.2) is 12.2 Å². The van der Waals surface area contributed by atoms with E-state index < -0.39 is 6.10 Å². The van der Waals surface area contributed by atoms with Crippen LogP contribution in [0.4, 0.5) is 0 Å². The third-order valence-corrected chi connectivity index (χ3v) is 2.44. The zero-order chi connectivity index (χ0) is 10.0. The number of aliphatic hydroxyl groups excluding tert-OH is 1. The minimum absolute atomic E-state index is 0.415. The molecule has 0 bridgehead atoms. The number of rotatable bonds is 2. The van der Waals surface area contributed by atoms with E-state index in [0.717, 1.165) is 0 Å². The normalized spacial score (nSPS) is 12.7. The highest BCUT2D eigenvalue weighted by Gasteiger charge is 2.11. The predicted octanol–water partition coefficient (Wildman–Crippen LogP) is 3.06. The lowest BCUT2D eigenvalue weighted by atomic mass is 10.1. The number of benzene rings is 1. The highest BCUT2D eigenvalue weighted by Crippen LogP contribution is 2.33. The van der Waals surface area contributed by atoms with Gasteiger partial charge in [-0.05, 0) is 13.0 Å². The first-order valence-corrected chi connectivity index (χ1v) is 4.53. The van der Waals surface area contributed by atoms with Gasteiger partial charge in [0.1, 0.15) is 5.75 Å². The maximum atomic E-state index is 9.37. The summed E-state index contributed by atoms with van der Waals surface area (Å²) in [5.74, 6) is 0.546. The van der Waals surface area contributed by atoms with E-state index in [1.807, 2.05) is 0 Å². The molecule has 1 N–H and O–H groups in total. The summed E-state index contributed by atoms with van der Waals surface area (Å²) in [6.45, 7) is 1.64. The average molecular weight is 221 g/mol. The van der Waals surface area contributed by atoms with E-state index in [1.54, 1.807) is 19.1 Å². The first-order valence-electron chi connectivity index (χ1n) is 3.77. The van der Waals surface area contributed by atoms with E-state index >= 15 is 0 Å². The highest BCUT2D eigenvalue weighted by molar-refractivity contribution is 6.42. The molecule has 4 heteroatoms. The molecule has 72 valence electrons. The van der Waals surface area contributed by atoms with Crippen molar-refractivity contribution in [3.8, 4) is 5.75 Å². The minimum Gasteiger partial charge on any atom is -0.496 e. The van der Waals surface area contributed by atoms with E-state index in [1.165, 1.54) is 7.11 Å². The van der Waals surface area contributed by atoms with E-state index in [0.29, 0.717) is 21.4 Å². The number of aliphatic hydroxyl groups is 1. The molecular weight excluding hydrogens is 211 g/mol. The zero-order valence-electron chi connectivity index (χ0n) is 7.34. The van der Waals surface area contributed by atoms with Gasteiger partial charge in [-0.1, -0.05) is 23.2 Å². The fraction of sp³-hybridized carbons (Fsp3) is 0.333. The summed E-state index contributed by atoms with van der Waals surface area (Å²) < 4.78 is 5.04. The maximum Gasteiger partial charge on any atom is 0.126 e. The van der Waals surface area contributed by atoms with Crippen LogP contribution in [0.2, 0.25) is 10.0 Å². The van der Waals surface area contributed by atoms with E-state index in [9.17, 15) is 5.11 Å². The summed E-state index contributed by atoms with van der Waals surface area (Å²) in [6.07, 6.45) is -0.621. The van der Waals surface area contributed by atoms with Crippen molar-refractivity contribution in [2.24, 2.45) is 0 Å². The van der Waals surface area contributed by atoms with Gasteiger partial charge in [0.15, 0.2) is 0 Å². The van der Waals surface area contributed by atoms with Gasteiger partial charge in [0, 0.05) is 11.6 Å². The number of hydrogen-bond acceptors (Lipinski definition) is 2. The molecule has 1 atom stereocenters. The molecule has 1 rings (SSSR count). The third kappa shape index (κ3) is 2.27. The van der Waals surface area contributed by atoms with Crippen LogP contribution in [0.25, 0.3) is 0 Å². The minimum atomic E-state index is -0.621. The summed E-state index contributed by atoms with van der Waals surface area (Å²) >= 11 is 11.6. The molecule has 0 saturated carbocycles. The predicted molar refractivity (Wildman–Crippen MR) is 53.6 cm³/mol. The molecule has 0 aliphatic rings. The van der Waals surface area contributed by atoms with Gasteiger partial charge in [-0.15, -0.1) is 0 Å². The van der Waals surface area contributed by atoms with Crippen LogP contribution >= 0.6 is 23.2 Å². The summed E-state index contributed by atoms with van der Waals surface area (Å²) in [5.41, 5.74) is 0.636. The molecule has 0 aliphatic carbocycles. The Balaban J connectivity index is 3.25. The van der Waals surface area contributed by atoms with Gasteiger partial charge >= 0.3 is 0 Å². The van der Waals surface area contributed by atoms with Gasteiger partial charge in [0.25, 0.3) is 0 Å². The number of methoxy groups -OCH3 is 1. The van der Waals surface area contributed by atoms with Gasteiger partial charge in [0.2, 0.25) is 0 Å². The van der Waals surface area contributed by atoms with Crippen molar-refractivity contribution in [2.45, 2.75) is 13.0 Å². The zero-order valence-corrected chi connectivity index (χ0v) is 8.86. The number of ether oxygens (including phenoxy) is 1. The molecule has 0 saturated heterocycles. The van der Waals surface area contributed by atoms with Crippen molar-refractivity contribution >= 4 is 23.2 Å². The Morgan fingerprint density at radius 3 is 2.31 bits per heavy atom. The number of hydrogen-bond donors (Lipinski definition) is 1. The second-order valence-corrected chi connectivity index (χ2v) is 3.50. The topological polar surface area (TPSA) is 29.5 Å². The Bertz CT molecular complexity index is 311. The molecule has 0 amide bonds. The Kier molecular flexibility index (Phi) is 3.42. The lowest BCUT2D eigenvalue weighted by Gasteiger charge is -2.11. The Morgan fingerprint density at radius 1 is 1.31 bits per heavy atom. The van der Waals surface area contributed by atoms with Crippen LogP contribution < -0.4 is 4.74 Å². The van der Waals surface area contributed by atoms with Crippen molar-refractivity contribution in [3.63, 3.8) is 0 Å². The molecule has 0 spiro atoms. The van der Waals surface area contributed by atoms with Crippen LogP contribution in [0.5, 0.6) is 5.75 Å². The van der Waals surface area contributed by atoms with Crippen molar-refractivity contribution in [1.29, 1.82) is 0 Å². The summed E-state index contributed by atoms with van der Waals surface area (Å²) in [6, 6.07) is 3.19. The molecule has 2 nitrogen and oxygen atoms in total. The molecule has 1 aromatic rings. The fourth-order valence-corrected chi connectivity index (χ4v) is 1.37. The van der Waals surface area contributed by atoms with Gasteiger partial charge in [-0.2, -0.15) is 0 Å². The molecule has 13 heavy (non-hydrogen) atoms. The maximum absolute atomic E-state index is 9.37. The van der Waals surface area contributed by atoms with Gasteiger partial charge in [-0.3, -0.25) is 0 Å². The van der Waals surface area contributed by atoms with Crippen molar-refractivity contribution in [1.82, 2.24) is 0 Å². The summed E-state index contributed by atoms with van der Waals surface area (Å²) in [4.78, 5) is 0. The Hall–Kier alpha value is -0.440. The molecule has 0 radical (unpaired) electrons. The molecule has 1 unspecified atom stereocenters. The van der Waals surface area contributed by atoms with Crippen LogP contribution in [0, 0.1) is 0 Å². The smallest absolute Gasteiger partial charge is 0.126 e. The van der Waals surface area contributed by atoms with Crippen LogP contribution in [0.15, 0.2) is 12.1 Å². The quantitative estimate of drug-likeness (QED) is 0.831. The van der Waals surface area contributed by atoms with Crippen molar-refractivity contribution in [3.05, 3.63) is 27.7 Å². The largest absolute Gasteiger partial charge is 0.496 e. The van der Waals surface area contributed by atoms with E-state index in [4.69, 9.17) is 27.9 Å². The molecule has 1 aromatic carbocycles. The fourth-order valence-electron chi connectivity index (χ4n) is 1.05. The first-order chi connectivity index (χ1) is 6.06. The molecular formula is C9H10Cl2O2. The lowest BCUT2D eigenvalue weighted by molar-refractivity contribution is 0.194. The SMILES string of the molecule is COc1cc(Cl)c(Cl)cc1C(C)O. The molecule has 0 aromatic heterocycles. The second-order valence-electron chi connectivity index (χ2n) is 2.68. The molecule has 0 fully saturated rings. The summed E-state index contributed by atoms with van der Waals surface area (Å²) in [5, 5.41) is 10.2. The van der Waals surface area contributed by atoms with Crippen molar-refractivity contribution in [2.75, 3.05) is 7.11 Å². The monoisotopic (exact) mass is 220 g/mol.